The van der Waals surface area contributed by atoms with E-state index in [0.29, 0.717) is 13.0 Å². The van der Waals surface area contributed by atoms with Crippen molar-refractivity contribution in [1.29, 1.82) is 0 Å². The average Bonchev–Trinajstić information content (AvgIpc) is 2.20. The summed E-state index contributed by atoms with van der Waals surface area (Å²) in [4.78, 5) is 10.1. The minimum Gasteiger partial charge on any atom is -0.493 e. The number of carboxylic acids is 1. The summed E-state index contributed by atoms with van der Waals surface area (Å²) in [6, 6.07) is 7.75. The summed E-state index contributed by atoms with van der Waals surface area (Å²) in [5.74, 6) is -0.116. The first-order chi connectivity index (χ1) is 7.18. The van der Waals surface area contributed by atoms with Gasteiger partial charge in [-0.15, -0.1) is 0 Å². The second-order valence-electron chi connectivity index (χ2n) is 3.19. The number of hydrogen-bond acceptors (Lipinski definition) is 2. The van der Waals surface area contributed by atoms with Gasteiger partial charge in [-0.1, -0.05) is 23.8 Å². The van der Waals surface area contributed by atoms with Crippen LogP contribution in [0.2, 0.25) is 0 Å². The van der Waals surface area contributed by atoms with Crippen LogP contribution in [0, 0.1) is 6.92 Å². The molecule has 1 N–H and O–H groups in total. The van der Waals surface area contributed by atoms with Gasteiger partial charge in [-0.25, -0.2) is 4.79 Å². The molecule has 1 rings (SSSR count). The summed E-state index contributed by atoms with van der Waals surface area (Å²) >= 11 is 0. The van der Waals surface area contributed by atoms with Crippen molar-refractivity contribution in [2.75, 3.05) is 6.61 Å². The zero-order chi connectivity index (χ0) is 11.1. The fraction of sp³-hybridized carbons (Fsp3) is 0.250. The zero-order valence-electron chi connectivity index (χ0n) is 8.64. The Morgan fingerprint density at radius 3 is 2.67 bits per heavy atom. The molecule has 0 amide bonds. The van der Waals surface area contributed by atoms with Crippen LogP contribution < -0.4 is 4.74 Å². The van der Waals surface area contributed by atoms with Gasteiger partial charge >= 0.3 is 5.97 Å². The topological polar surface area (TPSA) is 46.5 Å². The second-order valence-corrected chi connectivity index (χ2v) is 3.19. The summed E-state index contributed by atoms with van der Waals surface area (Å²) in [5, 5.41) is 8.33. The van der Waals surface area contributed by atoms with E-state index in [9.17, 15) is 4.79 Å². The van der Waals surface area contributed by atoms with Crippen molar-refractivity contribution >= 4 is 5.97 Å². The first-order valence-electron chi connectivity index (χ1n) is 4.77. The first kappa shape index (κ1) is 11.3. The molecule has 15 heavy (non-hydrogen) atoms. The molecule has 3 heteroatoms. The van der Waals surface area contributed by atoms with Crippen LogP contribution in [0.1, 0.15) is 12.0 Å². The summed E-state index contributed by atoms with van der Waals surface area (Å²) in [5.41, 5.74) is 1.19. The number of carbonyl (C=O) groups is 1. The molecule has 3 nitrogen and oxygen atoms in total. The van der Waals surface area contributed by atoms with E-state index in [-0.39, 0.29) is 0 Å². The second kappa shape index (κ2) is 5.86. The fourth-order valence-corrected chi connectivity index (χ4v) is 1.06. The maximum absolute atomic E-state index is 10.1. The van der Waals surface area contributed by atoms with Gasteiger partial charge in [-0.3, -0.25) is 0 Å². The third kappa shape index (κ3) is 4.86. The van der Waals surface area contributed by atoms with Crippen LogP contribution in [0.15, 0.2) is 36.4 Å². The predicted molar refractivity (Wildman–Crippen MR) is 58.1 cm³/mol. The molecule has 0 aliphatic carbocycles. The van der Waals surface area contributed by atoms with Crippen molar-refractivity contribution in [3.63, 3.8) is 0 Å². The molecule has 0 heterocycles. The lowest BCUT2D eigenvalue weighted by Gasteiger charge is -2.03. The van der Waals surface area contributed by atoms with Gasteiger partial charge in [0.05, 0.1) is 6.61 Å². The van der Waals surface area contributed by atoms with Crippen molar-refractivity contribution in [3.8, 4) is 5.75 Å². The normalized spacial score (nSPS) is 10.5. The van der Waals surface area contributed by atoms with Crippen molar-refractivity contribution in [2.24, 2.45) is 0 Å². The molecule has 0 saturated carbocycles. The number of benzene rings is 1. The quantitative estimate of drug-likeness (QED) is 0.594. The van der Waals surface area contributed by atoms with Crippen molar-refractivity contribution in [3.05, 3.63) is 42.0 Å². The van der Waals surface area contributed by atoms with Crippen molar-refractivity contribution in [1.82, 2.24) is 0 Å². The number of rotatable bonds is 5. The van der Waals surface area contributed by atoms with E-state index in [1.165, 1.54) is 5.56 Å². The Morgan fingerprint density at radius 2 is 2.07 bits per heavy atom. The Bertz CT molecular complexity index is 338. The van der Waals surface area contributed by atoms with Gasteiger partial charge in [-0.05, 0) is 25.5 Å². The Hall–Kier alpha value is -1.77. The summed E-state index contributed by atoms with van der Waals surface area (Å²) < 4.78 is 5.40. The maximum Gasteiger partial charge on any atom is 0.327 e. The van der Waals surface area contributed by atoms with Gasteiger partial charge in [-0.2, -0.15) is 0 Å². The van der Waals surface area contributed by atoms with Gasteiger partial charge in [0, 0.05) is 6.08 Å². The van der Waals surface area contributed by atoms with E-state index in [1.807, 2.05) is 31.2 Å². The third-order valence-corrected chi connectivity index (χ3v) is 1.83. The molecule has 0 unspecified atom stereocenters. The summed E-state index contributed by atoms with van der Waals surface area (Å²) in [6.07, 6.45) is 3.30. The lowest BCUT2D eigenvalue weighted by molar-refractivity contribution is -0.131. The molecule has 0 aromatic heterocycles. The van der Waals surface area contributed by atoms with Crippen LogP contribution >= 0.6 is 0 Å². The minimum atomic E-state index is -0.926. The zero-order valence-corrected chi connectivity index (χ0v) is 8.64. The van der Waals surface area contributed by atoms with Crippen molar-refractivity contribution in [2.45, 2.75) is 13.3 Å². The molecule has 80 valence electrons. The molecular formula is C12H14O3. The van der Waals surface area contributed by atoms with Gasteiger partial charge in [0.1, 0.15) is 5.75 Å². The number of aryl methyl sites for hydroxylation is 1. The van der Waals surface area contributed by atoms with Crippen LogP contribution in [-0.4, -0.2) is 17.7 Å². The lowest BCUT2D eigenvalue weighted by atomic mass is 10.2. The van der Waals surface area contributed by atoms with Crippen LogP contribution in [0.25, 0.3) is 0 Å². The molecule has 0 atom stereocenters. The Morgan fingerprint density at radius 1 is 1.40 bits per heavy atom. The molecule has 0 radical (unpaired) electrons. The molecule has 1 aromatic rings. The van der Waals surface area contributed by atoms with Crippen LogP contribution in [0.4, 0.5) is 0 Å². The van der Waals surface area contributed by atoms with Gasteiger partial charge in [0.2, 0.25) is 0 Å². The highest BCUT2D eigenvalue weighted by Crippen LogP contribution is 2.11. The third-order valence-electron chi connectivity index (χ3n) is 1.83. The van der Waals surface area contributed by atoms with E-state index >= 15 is 0 Å². The van der Waals surface area contributed by atoms with Gasteiger partial charge in [0.25, 0.3) is 0 Å². The van der Waals surface area contributed by atoms with Gasteiger partial charge in [0.15, 0.2) is 0 Å². The monoisotopic (exact) mass is 206 g/mol. The lowest BCUT2D eigenvalue weighted by Crippen LogP contribution is -1.96. The number of carboxylic acid groups (broad SMARTS) is 1. The number of hydrogen-bond donors (Lipinski definition) is 1. The molecule has 0 saturated heterocycles. The predicted octanol–water partition coefficient (Wildman–Crippen LogP) is 2.40. The van der Waals surface area contributed by atoms with E-state index in [1.54, 1.807) is 6.08 Å². The standard InChI is InChI=1S/C12H14O3/c1-10-5-7-11(8-6-10)15-9-3-2-4-12(13)14/h2,4-8H,3,9H2,1H3,(H,13,14)/b4-2+. The fourth-order valence-electron chi connectivity index (χ4n) is 1.06. The highest BCUT2D eigenvalue weighted by Gasteiger charge is 1.91. The number of ether oxygens (including phenoxy) is 1. The first-order valence-corrected chi connectivity index (χ1v) is 4.77. The van der Waals surface area contributed by atoms with Crippen molar-refractivity contribution < 1.29 is 14.6 Å². The SMILES string of the molecule is Cc1ccc(OCC/C=C/C(=O)O)cc1. The minimum absolute atomic E-state index is 0.493. The van der Waals surface area contributed by atoms with E-state index in [2.05, 4.69) is 0 Å². The highest BCUT2D eigenvalue weighted by atomic mass is 16.5. The Balaban J connectivity index is 2.26. The molecule has 0 spiro atoms. The van der Waals surface area contributed by atoms with Gasteiger partial charge < -0.3 is 9.84 Å². The number of aliphatic carboxylic acids is 1. The van der Waals surface area contributed by atoms with E-state index in [4.69, 9.17) is 9.84 Å². The van der Waals surface area contributed by atoms with Crippen LogP contribution in [-0.2, 0) is 4.79 Å². The molecule has 0 bridgehead atoms. The smallest absolute Gasteiger partial charge is 0.327 e. The van der Waals surface area contributed by atoms with E-state index < -0.39 is 5.97 Å². The molecule has 0 fully saturated rings. The van der Waals surface area contributed by atoms with Crippen LogP contribution in [0.5, 0.6) is 5.75 Å². The molecule has 0 aliphatic rings. The summed E-state index contributed by atoms with van der Waals surface area (Å²) in [7, 11) is 0. The average molecular weight is 206 g/mol. The Kier molecular flexibility index (Phi) is 4.41. The Labute approximate surface area is 89.0 Å². The molecular weight excluding hydrogens is 192 g/mol. The molecule has 0 aliphatic heterocycles. The largest absolute Gasteiger partial charge is 0.493 e. The van der Waals surface area contributed by atoms with Crippen LogP contribution in [0.3, 0.4) is 0 Å². The van der Waals surface area contributed by atoms with E-state index in [0.717, 1.165) is 11.8 Å². The highest BCUT2D eigenvalue weighted by molar-refractivity contribution is 5.79. The summed E-state index contributed by atoms with van der Waals surface area (Å²) in [6.45, 7) is 2.51. The molecule has 1 aromatic carbocycles. The maximum atomic E-state index is 10.1.